The third-order valence-electron chi connectivity index (χ3n) is 3.47. The van der Waals surface area contributed by atoms with Gasteiger partial charge in [-0.05, 0) is 50.2 Å². The van der Waals surface area contributed by atoms with Gasteiger partial charge in [0.2, 0.25) is 0 Å². The molecule has 1 heterocycles. The summed E-state index contributed by atoms with van der Waals surface area (Å²) < 4.78 is 10.5. The first-order valence-corrected chi connectivity index (χ1v) is 8.15. The third-order valence-corrected chi connectivity index (χ3v) is 3.47. The van der Waals surface area contributed by atoms with Gasteiger partial charge in [-0.15, -0.1) is 0 Å². The number of aromatic nitrogens is 2. The van der Waals surface area contributed by atoms with Crippen LogP contribution in [-0.2, 0) is 4.74 Å². The first-order valence-electron chi connectivity index (χ1n) is 8.15. The second-order valence-corrected chi connectivity index (χ2v) is 5.21. The molecule has 6 nitrogen and oxygen atoms in total. The lowest BCUT2D eigenvalue weighted by Crippen LogP contribution is -2.12. The lowest BCUT2D eigenvalue weighted by Gasteiger charge is -2.11. The zero-order chi connectivity index (χ0) is 17.6. The normalized spacial score (nSPS) is 10.5. The van der Waals surface area contributed by atoms with E-state index in [-0.39, 0.29) is 12.3 Å². The number of rotatable bonds is 6. The van der Waals surface area contributed by atoms with Gasteiger partial charge in [0.25, 0.3) is 0 Å². The molecule has 3 rings (SSSR count). The molecule has 0 aliphatic carbocycles. The Bertz CT molecular complexity index is 879. The van der Waals surface area contributed by atoms with Crippen molar-refractivity contribution in [3.8, 4) is 5.75 Å². The number of ether oxygens (including phenoxy) is 2. The third kappa shape index (κ3) is 3.85. The van der Waals surface area contributed by atoms with E-state index in [2.05, 4.69) is 15.3 Å². The van der Waals surface area contributed by atoms with E-state index in [0.29, 0.717) is 23.5 Å². The summed E-state index contributed by atoms with van der Waals surface area (Å²) in [4.78, 5) is 21.2. The van der Waals surface area contributed by atoms with E-state index in [0.717, 1.165) is 11.4 Å². The summed E-state index contributed by atoms with van der Waals surface area (Å²) in [5, 5.41) is 3.14. The Hall–Kier alpha value is -3.15. The fourth-order valence-electron chi connectivity index (χ4n) is 2.37. The highest BCUT2D eigenvalue weighted by Gasteiger charge is 2.18. The number of hydrogen-bond donors (Lipinski definition) is 1. The molecule has 0 saturated heterocycles. The number of esters is 1. The lowest BCUT2D eigenvalue weighted by atomic mass is 10.2. The maximum absolute atomic E-state index is 12.3. The van der Waals surface area contributed by atoms with Crippen LogP contribution >= 0.6 is 0 Å². The highest BCUT2D eigenvalue weighted by atomic mass is 16.5. The Kier molecular flexibility index (Phi) is 5.09. The monoisotopic (exact) mass is 337 g/mol. The molecule has 0 aliphatic rings. The number of para-hydroxylation sites is 2. The Balaban J connectivity index is 1.97. The van der Waals surface area contributed by atoms with Crippen molar-refractivity contribution >= 4 is 28.5 Å². The zero-order valence-corrected chi connectivity index (χ0v) is 14.2. The summed E-state index contributed by atoms with van der Waals surface area (Å²) in [5.74, 6) is 0.638. The van der Waals surface area contributed by atoms with E-state index in [9.17, 15) is 4.79 Å². The largest absolute Gasteiger partial charge is 0.494 e. The van der Waals surface area contributed by atoms with Crippen molar-refractivity contribution in [1.29, 1.82) is 0 Å². The number of nitrogens with zero attached hydrogens (tertiary/aromatic N) is 2. The van der Waals surface area contributed by atoms with Crippen LogP contribution in [-0.4, -0.2) is 29.2 Å². The van der Waals surface area contributed by atoms with E-state index in [1.54, 1.807) is 6.92 Å². The molecule has 3 aromatic rings. The summed E-state index contributed by atoms with van der Waals surface area (Å²) >= 11 is 0. The standard InChI is InChI=1S/C19H19N3O3/c1-3-24-14-11-9-13(10-12-14)20-18-17(19(23)25-4-2)21-15-7-5-6-8-16(15)22-18/h5-12H,3-4H2,1-2H3,(H,20,22). The molecular weight excluding hydrogens is 318 g/mol. The van der Waals surface area contributed by atoms with Gasteiger partial charge in [-0.3, -0.25) is 0 Å². The summed E-state index contributed by atoms with van der Waals surface area (Å²) in [6.45, 7) is 4.57. The minimum atomic E-state index is -0.505. The smallest absolute Gasteiger partial charge is 0.360 e. The van der Waals surface area contributed by atoms with E-state index in [1.807, 2.05) is 55.5 Å². The van der Waals surface area contributed by atoms with Crippen molar-refractivity contribution < 1.29 is 14.3 Å². The number of benzene rings is 2. The van der Waals surface area contributed by atoms with Crippen molar-refractivity contribution in [3.63, 3.8) is 0 Å². The highest BCUT2D eigenvalue weighted by molar-refractivity contribution is 5.96. The van der Waals surface area contributed by atoms with Crippen molar-refractivity contribution in [2.24, 2.45) is 0 Å². The van der Waals surface area contributed by atoms with Crippen LogP contribution in [0.25, 0.3) is 11.0 Å². The molecule has 0 amide bonds. The fourth-order valence-corrected chi connectivity index (χ4v) is 2.37. The molecule has 6 heteroatoms. The molecule has 0 atom stereocenters. The molecule has 0 saturated carbocycles. The van der Waals surface area contributed by atoms with Gasteiger partial charge in [0.15, 0.2) is 11.5 Å². The minimum Gasteiger partial charge on any atom is -0.494 e. The minimum absolute atomic E-state index is 0.162. The molecule has 128 valence electrons. The first kappa shape index (κ1) is 16.7. The van der Waals surface area contributed by atoms with E-state index >= 15 is 0 Å². The molecule has 25 heavy (non-hydrogen) atoms. The van der Waals surface area contributed by atoms with E-state index < -0.39 is 5.97 Å². The van der Waals surface area contributed by atoms with E-state index in [4.69, 9.17) is 9.47 Å². The molecule has 0 aliphatic heterocycles. The van der Waals surface area contributed by atoms with Gasteiger partial charge in [-0.2, -0.15) is 0 Å². The highest BCUT2D eigenvalue weighted by Crippen LogP contribution is 2.23. The number of nitrogens with one attached hydrogen (secondary N) is 1. The van der Waals surface area contributed by atoms with Crippen LogP contribution in [0.3, 0.4) is 0 Å². The van der Waals surface area contributed by atoms with Gasteiger partial charge in [0.1, 0.15) is 5.75 Å². The predicted molar refractivity (Wildman–Crippen MR) is 96.4 cm³/mol. The topological polar surface area (TPSA) is 73.3 Å². The fraction of sp³-hybridized carbons (Fsp3) is 0.211. The number of hydrogen-bond acceptors (Lipinski definition) is 6. The molecule has 0 fully saturated rings. The SMILES string of the molecule is CCOC(=O)c1nc2ccccc2nc1Nc1ccc(OCC)cc1. The lowest BCUT2D eigenvalue weighted by molar-refractivity contribution is 0.0521. The van der Waals surface area contributed by atoms with E-state index in [1.165, 1.54) is 0 Å². The Morgan fingerprint density at radius 3 is 2.28 bits per heavy atom. The quantitative estimate of drug-likeness (QED) is 0.687. The molecule has 0 bridgehead atoms. The predicted octanol–water partition coefficient (Wildman–Crippen LogP) is 3.95. The average molecular weight is 337 g/mol. The second-order valence-electron chi connectivity index (χ2n) is 5.21. The number of fused-ring (bicyclic) bond motifs is 1. The number of anilines is 2. The maximum atomic E-state index is 12.3. The van der Waals surface area contributed by atoms with Crippen LogP contribution in [0.15, 0.2) is 48.5 Å². The van der Waals surface area contributed by atoms with Crippen molar-refractivity contribution in [2.45, 2.75) is 13.8 Å². The summed E-state index contributed by atoms with van der Waals surface area (Å²) in [6, 6.07) is 14.8. The van der Waals surface area contributed by atoms with Gasteiger partial charge < -0.3 is 14.8 Å². The maximum Gasteiger partial charge on any atom is 0.360 e. The summed E-state index contributed by atoms with van der Waals surface area (Å²) in [6.07, 6.45) is 0. The molecular formula is C19H19N3O3. The van der Waals surface area contributed by atoms with Gasteiger partial charge in [0.05, 0.1) is 24.2 Å². The summed E-state index contributed by atoms with van der Waals surface area (Å²) in [5.41, 5.74) is 2.28. The van der Waals surface area contributed by atoms with Crippen molar-refractivity contribution in [3.05, 3.63) is 54.2 Å². The van der Waals surface area contributed by atoms with Gasteiger partial charge >= 0.3 is 5.97 Å². The molecule has 0 radical (unpaired) electrons. The molecule has 2 aromatic carbocycles. The van der Waals surface area contributed by atoms with Gasteiger partial charge in [-0.1, -0.05) is 12.1 Å². The summed E-state index contributed by atoms with van der Waals surface area (Å²) in [7, 11) is 0. The van der Waals surface area contributed by atoms with Gasteiger partial charge in [0, 0.05) is 5.69 Å². The van der Waals surface area contributed by atoms with Crippen LogP contribution in [0.5, 0.6) is 5.75 Å². The van der Waals surface area contributed by atoms with Crippen molar-refractivity contribution in [1.82, 2.24) is 9.97 Å². The Labute approximate surface area is 145 Å². The molecule has 1 aromatic heterocycles. The molecule has 0 unspecified atom stereocenters. The van der Waals surface area contributed by atoms with Crippen LogP contribution in [0, 0.1) is 0 Å². The zero-order valence-electron chi connectivity index (χ0n) is 14.2. The number of carbonyl (C=O) groups excluding carboxylic acids is 1. The molecule has 1 N–H and O–H groups in total. The first-order chi connectivity index (χ1) is 12.2. The Morgan fingerprint density at radius 2 is 1.64 bits per heavy atom. The van der Waals surface area contributed by atoms with Crippen molar-refractivity contribution in [2.75, 3.05) is 18.5 Å². The number of carbonyl (C=O) groups is 1. The van der Waals surface area contributed by atoms with Crippen LogP contribution in [0.1, 0.15) is 24.3 Å². The van der Waals surface area contributed by atoms with Gasteiger partial charge in [-0.25, -0.2) is 14.8 Å². The Morgan fingerprint density at radius 1 is 0.960 bits per heavy atom. The van der Waals surface area contributed by atoms with Crippen LogP contribution in [0.4, 0.5) is 11.5 Å². The average Bonchev–Trinajstić information content (AvgIpc) is 2.63. The second kappa shape index (κ2) is 7.61. The van der Waals surface area contributed by atoms with Crippen LogP contribution < -0.4 is 10.1 Å². The molecule has 0 spiro atoms. The van der Waals surface area contributed by atoms with Crippen LogP contribution in [0.2, 0.25) is 0 Å².